The molecule has 0 saturated heterocycles. The maximum Gasteiger partial charge on any atom is 0.163 e. The lowest BCUT2D eigenvalue weighted by Gasteiger charge is -2.13. The van der Waals surface area contributed by atoms with Crippen LogP contribution in [0.3, 0.4) is 0 Å². The molecule has 3 heterocycles. The molecule has 174 valence electrons. The first-order valence-electron chi connectivity index (χ1n) is 11.4. The number of aliphatic imine (C=N–C) groups is 1. The molecule has 33 heavy (non-hydrogen) atoms. The number of aryl methyl sites for hydroxylation is 2. The van der Waals surface area contributed by atoms with E-state index >= 15 is 0 Å². The summed E-state index contributed by atoms with van der Waals surface area (Å²) >= 11 is 7.88. The number of fused-ring (bicyclic) bond motifs is 3. The number of hydrogen-bond donors (Lipinski definition) is 1. The number of ketones is 1. The van der Waals surface area contributed by atoms with Gasteiger partial charge in [-0.25, -0.2) is 0 Å². The van der Waals surface area contributed by atoms with Crippen LogP contribution >= 0.6 is 22.9 Å². The van der Waals surface area contributed by atoms with Crippen LogP contribution in [-0.4, -0.2) is 38.8 Å². The molecule has 0 aliphatic carbocycles. The molecule has 2 aromatic heterocycles. The molecule has 1 atom stereocenters. The molecule has 4 rings (SSSR count). The Morgan fingerprint density at radius 1 is 1.18 bits per heavy atom. The van der Waals surface area contributed by atoms with Crippen LogP contribution in [0.25, 0.3) is 5.00 Å². The number of rotatable bonds is 8. The van der Waals surface area contributed by atoms with Gasteiger partial charge in [-0.05, 0) is 51.4 Å². The van der Waals surface area contributed by atoms with Crippen LogP contribution in [0.1, 0.15) is 72.4 Å². The van der Waals surface area contributed by atoms with Crippen molar-refractivity contribution < 1.29 is 4.79 Å². The van der Waals surface area contributed by atoms with Crippen LogP contribution < -0.4 is 5.32 Å². The van der Waals surface area contributed by atoms with Gasteiger partial charge in [-0.1, -0.05) is 37.6 Å². The molecule has 0 saturated carbocycles. The van der Waals surface area contributed by atoms with Crippen LogP contribution in [0.2, 0.25) is 5.02 Å². The molecule has 0 amide bonds. The monoisotopic (exact) mass is 483 g/mol. The maximum atomic E-state index is 12.9. The summed E-state index contributed by atoms with van der Waals surface area (Å²) in [6, 6.07) is 7.78. The minimum absolute atomic E-state index is 0.190. The molecule has 3 aromatic rings. The van der Waals surface area contributed by atoms with Crippen molar-refractivity contribution in [3.63, 3.8) is 0 Å². The van der Waals surface area contributed by atoms with E-state index in [1.165, 1.54) is 10.4 Å². The van der Waals surface area contributed by atoms with E-state index in [0.29, 0.717) is 23.9 Å². The number of Topliss-reactive ketones (excluding diaryl/α,β-unsaturated/α-hetero) is 1. The molecule has 1 aliphatic rings. The van der Waals surface area contributed by atoms with Crippen LogP contribution in [0.5, 0.6) is 0 Å². The second kappa shape index (κ2) is 9.87. The summed E-state index contributed by atoms with van der Waals surface area (Å²) < 4.78 is 2.09. The van der Waals surface area contributed by atoms with Crippen molar-refractivity contribution in [3.05, 3.63) is 62.5 Å². The third-order valence-electron chi connectivity index (χ3n) is 5.96. The molecule has 8 heteroatoms. The standard InChI is InChI=1S/C25H30ClN5OS/c1-14(2)27-12-6-7-20(32)13-21-24-30-29-17(5)31(24)25-22(15(3)16(4)33-25)23(28-21)18-8-10-19(26)11-9-18/h8-11,14,21,27H,6-7,12-13H2,1-5H3/t21-/m0/s1. The lowest BCUT2D eigenvalue weighted by atomic mass is 9.99. The highest BCUT2D eigenvalue weighted by atomic mass is 35.5. The van der Waals surface area contributed by atoms with Gasteiger partial charge in [0.05, 0.1) is 5.71 Å². The molecular formula is C25H30ClN5OS. The Hall–Kier alpha value is -2.35. The van der Waals surface area contributed by atoms with Gasteiger partial charge in [-0.15, -0.1) is 21.5 Å². The predicted molar refractivity (Wildman–Crippen MR) is 135 cm³/mol. The Labute approximate surface area is 204 Å². The zero-order valence-electron chi connectivity index (χ0n) is 19.8. The van der Waals surface area contributed by atoms with Crippen LogP contribution in [-0.2, 0) is 4.79 Å². The summed E-state index contributed by atoms with van der Waals surface area (Å²) in [5.74, 6) is 1.72. The van der Waals surface area contributed by atoms with Gasteiger partial charge in [0.1, 0.15) is 22.7 Å². The van der Waals surface area contributed by atoms with Crippen molar-refractivity contribution >= 4 is 34.4 Å². The van der Waals surface area contributed by atoms with Crippen molar-refractivity contribution in [2.75, 3.05) is 6.54 Å². The van der Waals surface area contributed by atoms with E-state index < -0.39 is 0 Å². The summed E-state index contributed by atoms with van der Waals surface area (Å²) in [7, 11) is 0. The van der Waals surface area contributed by atoms with Gasteiger partial charge in [0.15, 0.2) is 5.82 Å². The molecule has 1 aliphatic heterocycles. The first-order chi connectivity index (χ1) is 15.8. The zero-order chi connectivity index (χ0) is 23.7. The van der Waals surface area contributed by atoms with Gasteiger partial charge in [-0.3, -0.25) is 14.4 Å². The van der Waals surface area contributed by atoms with E-state index in [9.17, 15) is 4.79 Å². The summed E-state index contributed by atoms with van der Waals surface area (Å²) in [5.41, 5.74) is 4.14. The summed E-state index contributed by atoms with van der Waals surface area (Å²) in [4.78, 5) is 19.3. The van der Waals surface area contributed by atoms with E-state index in [1.807, 2.05) is 31.2 Å². The Bertz CT molecular complexity index is 1190. The van der Waals surface area contributed by atoms with E-state index in [1.54, 1.807) is 11.3 Å². The zero-order valence-corrected chi connectivity index (χ0v) is 21.3. The number of carbonyl (C=O) groups is 1. The smallest absolute Gasteiger partial charge is 0.163 e. The van der Waals surface area contributed by atoms with Crippen LogP contribution in [0, 0.1) is 20.8 Å². The summed E-state index contributed by atoms with van der Waals surface area (Å²) in [6.07, 6.45) is 1.65. The highest BCUT2D eigenvalue weighted by molar-refractivity contribution is 7.15. The maximum absolute atomic E-state index is 12.9. The Morgan fingerprint density at radius 3 is 2.61 bits per heavy atom. The van der Waals surface area contributed by atoms with Gasteiger partial charge >= 0.3 is 0 Å². The van der Waals surface area contributed by atoms with E-state index in [-0.39, 0.29) is 11.8 Å². The summed E-state index contributed by atoms with van der Waals surface area (Å²) in [5, 5.41) is 13.9. The molecule has 0 unspecified atom stereocenters. The number of hydrogen-bond acceptors (Lipinski definition) is 6. The largest absolute Gasteiger partial charge is 0.315 e. The Kier molecular flexibility index (Phi) is 7.12. The van der Waals surface area contributed by atoms with Gasteiger partial charge in [-0.2, -0.15) is 0 Å². The van der Waals surface area contributed by atoms with Crippen LogP contribution in [0.15, 0.2) is 29.3 Å². The molecular weight excluding hydrogens is 454 g/mol. The first-order valence-corrected chi connectivity index (χ1v) is 12.6. The number of nitrogens with zero attached hydrogens (tertiary/aromatic N) is 4. The average Bonchev–Trinajstić information content (AvgIpc) is 3.24. The van der Waals surface area contributed by atoms with Crippen molar-refractivity contribution in [1.82, 2.24) is 20.1 Å². The van der Waals surface area contributed by atoms with Gasteiger partial charge in [0.25, 0.3) is 0 Å². The molecule has 1 aromatic carbocycles. The first kappa shape index (κ1) is 23.8. The number of halogens is 1. The third-order valence-corrected chi connectivity index (χ3v) is 7.41. The fourth-order valence-corrected chi connectivity index (χ4v) is 5.47. The van der Waals surface area contributed by atoms with Crippen molar-refractivity contribution in [2.45, 2.75) is 66.0 Å². The number of thiophene rings is 1. The molecule has 0 spiro atoms. The molecule has 1 N–H and O–H groups in total. The third kappa shape index (κ3) is 4.95. The number of benzene rings is 1. The molecule has 0 bridgehead atoms. The fraction of sp³-hybridized carbons (Fsp3) is 0.440. The van der Waals surface area contributed by atoms with Gasteiger partial charge in [0, 0.05) is 39.9 Å². The van der Waals surface area contributed by atoms with Crippen molar-refractivity contribution in [2.24, 2.45) is 4.99 Å². The molecule has 0 fully saturated rings. The lowest BCUT2D eigenvalue weighted by Crippen LogP contribution is -2.24. The van der Waals surface area contributed by atoms with Crippen molar-refractivity contribution in [1.29, 1.82) is 0 Å². The minimum atomic E-state index is -0.387. The summed E-state index contributed by atoms with van der Waals surface area (Å²) in [6.45, 7) is 11.3. The Morgan fingerprint density at radius 2 is 1.91 bits per heavy atom. The topological polar surface area (TPSA) is 72.2 Å². The number of nitrogens with one attached hydrogen (secondary N) is 1. The van der Waals surface area contributed by atoms with Gasteiger partial charge in [0.2, 0.25) is 0 Å². The molecule has 0 radical (unpaired) electrons. The highest BCUT2D eigenvalue weighted by Gasteiger charge is 2.32. The normalized spacial score (nSPS) is 15.2. The minimum Gasteiger partial charge on any atom is -0.315 e. The van der Waals surface area contributed by atoms with E-state index in [0.717, 1.165) is 46.5 Å². The highest BCUT2D eigenvalue weighted by Crippen LogP contribution is 2.39. The van der Waals surface area contributed by atoms with Gasteiger partial charge < -0.3 is 5.32 Å². The SMILES string of the molecule is Cc1sc2c(c1C)C(c1ccc(Cl)cc1)=N[C@@H](CC(=O)CCCNC(C)C)c1nnc(C)n1-2. The quantitative estimate of drug-likeness (QED) is 0.427. The van der Waals surface area contributed by atoms with Crippen molar-refractivity contribution in [3.8, 4) is 5.00 Å². The number of carbonyl (C=O) groups excluding carboxylic acids is 1. The Balaban J connectivity index is 1.75. The van der Waals surface area contributed by atoms with E-state index in [4.69, 9.17) is 16.6 Å². The fourth-order valence-electron chi connectivity index (χ4n) is 4.13. The number of aromatic nitrogens is 3. The van der Waals surface area contributed by atoms with E-state index in [2.05, 4.69) is 47.8 Å². The second-order valence-corrected chi connectivity index (χ2v) is 10.5. The average molecular weight is 484 g/mol. The molecule has 6 nitrogen and oxygen atoms in total. The van der Waals surface area contributed by atoms with Crippen LogP contribution in [0.4, 0.5) is 0 Å². The second-order valence-electron chi connectivity index (χ2n) is 8.86. The predicted octanol–water partition coefficient (Wildman–Crippen LogP) is 5.54. The lowest BCUT2D eigenvalue weighted by molar-refractivity contribution is -0.119.